The summed E-state index contributed by atoms with van der Waals surface area (Å²) in [4.78, 5) is 38.4. The number of thioether (sulfide) groups is 1. The SMILES string of the molecule is COc1ccc(NC(=O)C(c2cccc(OC)c2)N(Cc2ccc(Cl)cc2)C(=O)CSc2nc(C)cc(C)n2)cc1. The van der Waals surface area contributed by atoms with Gasteiger partial charge in [-0.05, 0) is 79.6 Å². The van der Waals surface area contributed by atoms with Crippen LogP contribution in [-0.4, -0.2) is 46.7 Å². The van der Waals surface area contributed by atoms with Crippen molar-refractivity contribution in [2.75, 3.05) is 25.3 Å². The predicted octanol–water partition coefficient (Wildman–Crippen LogP) is 6.26. The predicted molar refractivity (Wildman–Crippen MR) is 162 cm³/mol. The average Bonchev–Trinajstić information content (AvgIpc) is 2.96. The zero-order chi connectivity index (χ0) is 29.4. The van der Waals surface area contributed by atoms with Gasteiger partial charge in [0.2, 0.25) is 5.91 Å². The molecule has 1 heterocycles. The Morgan fingerprint density at radius 2 is 1.56 bits per heavy atom. The maximum absolute atomic E-state index is 14.0. The third-order valence-corrected chi connectivity index (χ3v) is 7.28. The number of hydrogen-bond acceptors (Lipinski definition) is 7. The van der Waals surface area contributed by atoms with Gasteiger partial charge in [-0.1, -0.05) is 47.6 Å². The monoisotopic (exact) mass is 590 g/mol. The molecule has 1 aromatic heterocycles. The van der Waals surface area contributed by atoms with E-state index < -0.39 is 6.04 Å². The average molecular weight is 591 g/mol. The summed E-state index contributed by atoms with van der Waals surface area (Å²) in [6.45, 7) is 3.94. The standard InChI is InChI=1S/C31H31ClN4O4S/c1-20-16-21(2)34-31(33-20)41-19-28(37)36(18-22-8-10-24(32)11-9-22)29(23-6-5-7-27(17-23)40-4)30(38)35-25-12-14-26(39-3)15-13-25/h5-17,29H,18-19H2,1-4H3,(H,35,38). The van der Waals surface area contributed by atoms with E-state index in [0.29, 0.717) is 32.9 Å². The van der Waals surface area contributed by atoms with Gasteiger partial charge in [0.15, 0.2) is 5.16 Å². The van der Waals surface area contributed by atoms with Crippen molar-refractivity contribution in [2.45, 2.75) is 31.6 Å². The van der Waals surface area contributed by atoms with Crippen LogP contribution in [0.5, 0.6) is 11.5 Å². The Bertz CT molecular complexity index is 1480. The lowest BCUT2D eigenvalue weighted by atomic mass is 10.0. The molecule has 0 aliphatic rings. The highest BCUT2D eigenvalue weighted by Crippen LogP contribution is 2.30. The highest BCUT2D eigenvalue weighted by atomic mass is 35.5. The van der Waals surface area contributed by atoms with Crippen molar-refractivity contribution >= 4 is 40.9 Å². The maximum Gasteiger partial charge on any atom is 0.251 e. The number of anilines is 1. The van der Waals surface area contributed by atoms with E-state index in [1.807, 2.05) is 38.1 Å². The minimum atomic E-state index is -0.976. The highest BCUT2D eigenvalue weighted by molar-refractivity contribution is 7.99. The molecular weight excluding hydrogens is 560 g/mol. The van der Waals surface area contributed by atoms with Gasteiger partial charge in [0, 0.05) is 28.6 Å². The van der Waals surface area contributed by atoms with Crippen molar-refractivity contribution in [3.05, 3.63) is 106 Å². The van der Waals surface area contributed by atoms with Gasteiger partial charge >= 0.3 is 0 Å². The van der Waals surface area contributed by atoms with Crippen LogP contribution in [0.25, 0.3) is 0 Å². The Morgan fingerprint density at radius 3 is 2.20 bits per heavy atom. The molecule has 1 atom stereocenters. The summed E-state index contributed by atoms with van der Waals surface area (Å²) in [5.41, 5.74) is 3.63. The summed E-state index contributed by atoms with van der Waals surface area (Å²) in [6, 6.07) is 22.3. The number of methoxy groups -OCH3 is 2. The fourth-order valence-electron chi connectivity index (χ4n) is 4.25. The van der Waals surface area contributed by atoms with Crippen LogP contribution < -0.4 is 14.8 Å². The van der Waals surface area contributed by atoms with Crippen molar-refractivity contribution in [1.29, 1.82) is 0 Å². The third kappa shape index (κ3) is 8.22. The van der Waals surface area contributed by atoms with Crippen LogP contribution in [0.4, 0.5) is 5.69 Å². The van der Waals surface area contributed by atoms with E-state index in [1.54, 1.807) is 73.7 Å². The van der Waals surface area contributed by atoms with Gasteiger partial charge in [0.1, 0.15) is 17.5 Å². The largest absolute Gasteiger partial charge is 0.497 e. The van der Waals surface area contributed by atoms with Gasteiger partial charge in [-0.3, -0.25) is 9.59 Å². The molecule has 41 heavy (non-hydrogen) atoms. The fourth-order valence-corrected chi connectivity index (χ4v) is 5.21. The van der Waals surface area contributed by atoms with E-state index >= 15 is 0 Å². The third-order valence-electron chi connectivity index (χ3n) is 6.20. The number of hydrogen-bond donors (Lipinski definition) is 1. The molecule has 1 unspecified atom stereocenters. The van der Waals surface area contributed by atoms with Crippen molar-refractivity contribution in [3.8, 4) is 11.5 Å². The minimum Gasteiger partial charge on any atom is -0.497 e. The smallest absolute Gasteiger partial charge is 0.251 e. The van der Waals surface area contributed by atoms with Gasteiger partial charge in [-0.15, -0.1) is 0 Å². The molecule has 0 bridgehead atoms. The van der Waals surface area contributed by atoms with Crippen molar-refractivity contribution < 1.29 is 19.1 Å². The molecule has 0 fully saturated rings. The topological polar surface area (TPSA) is 93.7 Å². The summed E-state index contributed by atoms with van der Waals surface area (Å²) in [7, 11) is 3.14. The normalized spacial score (nSPS) is 11.4. The Morgan fingerprint density at radius 1 is 0.902 bits per heavy atom. The Balaban J connectivity index is 1.71. The zero-order valence-corrected chi connectivity index (χ0v) is 24.8. The van der Waals surface area contributed by atoms with Gasteiger partial charge in [-0.2, -0.15) is 0 Å². The first-order chi connectivity index (χ1) is 19.7. The lowest BCUT2D eigenvalue weighted by molar-refractivity contribution is -0.137. The number of halogens is 1. The van der Waals surface area contributed by atoms with Crippen LogP contribution in [0.2, 0.25) is 5.02 Å². The van der Waals surface area contributed by atoms with Gasteiger partial charge in [0.05, 0.1) is 20.0 Å². The van der Waals surface area contributed by atoms with E-state index in [-0.39, 0.29) is 24.1 Å². The summed E-state index contributed by atoms with van der Waals surface area (Å²) >= 11 is 7.36. The molecule has 0 saturated carbocycles. The number of nitrogens with one attached hydrogen (secondary N) is 1. The van der Waals surface area contributed by atoms with E-state index in [1.165, 1.54) is 11.8 Å². The number of nitrogens with zero attached hydrogens (tertiary/aromatic N) is 3. The van der Waals surface area contributed by atoms with Crippen LogP contribution in [0.15, 0.2) is 84.0 Å². The summed E-state index contributed by atoms with van der Waals surface area (Å²) in [6.07, 6.45) is 0. The van der Waals surface area contributed by atoms with Gasteiger partial charge < -0.3 is 19.7 Å². The van der Waals surface area contributed by atoms with Crippen LogP contribution in [0.3, 0.4) is 0 Å². The Hall–Kier alpha value is -4.08. The van der Waals surface area contributed by atoms with Gasteiger partial charge in [-0.25, -0.2) is 9.97 Å². The molecule has 0 saturated heterocycles. The summed E-state index contributed by atoms with van der Waals surface area (Å²) < 4.78 is 10.7. The highest BCUT2D eigenvalue weighted by Gasteiger charge is 2.32. The molecule has 3 aromatic carbocycles. The van der Waals surface area contributed by atoms with Crippen molar-refractivity contribution in [3.63, 3.8) is 0 Å². The van der Waals surface area contributed by atoms with Crippen LogP contribution in [0, 0.1) is 13.8 Å². The number of benzene rings is 3. The van der Waals surface area contributed by atoms with E-state index in [4.69, 9.17) is 21.1 Å². The fraction of sp³-hybridized carbons (Fsp3) is 0.226. The van der Waals surface area contributed by atoms with Crippen LogP contribution >= 0.6 is 23.4 Å². The number of carbonyl (C=O) groups excluding carboxylic acids is 2. The quantitative estimate of drug-likeness (QED) is 0.163. The van der Waals surface area contributed by atoms with E-state index in [9.17, 15) is 9.59 Å². The molecule has 212 valence electrons. The minimum absolute atomic E-state index is 0.0345. The molecule has 10 heteroatoms. The van der Waals surface area contributed by atoms with Crippen molar-refractivity contribution in [2.24, 2.45) is 0 Å². The first kappa shape index (κ1) is 29.9. The molecule has 0 aliphatic heterocycles. The van der Waals surface area contributed by atoms with Crippen LogP contribution in [-0.2, 0) is 16.1 Å². The molecule has 4 aromatic rings. The number of aryl methyl sites for hydroxylation is 2. The summed E-state index contributed by atoms with van der Waals surface area (Å²) in [5.74, 6) is 0.634. The molecule has 4 rings (SSSR count). The molecule has 2 amide bonds. The van der Waals surface area contributed by atoms with Crippen molar-refractivity contribution in [1.82, 2.24) is 14.9 Å². The molecule has 8 nitrogen and oxygen atoms in total. The Labute approximate surface area is 249 Å². The first-order valence-corrected chi connectivity index (χ1v) is 14.2. The number of amides is 2. The molecule has 0 radical (unpaired) electrons. The van der Waals surface area contributed by atoms with Crippen LogP contribution in [0.1, 0.15) is 28.6 Å². The number of carbonyl (C=O) groups is 2. The van der Waals surface area contributed by atoms with E-state index in [0.717, 1.165) is 17.0 Å². The zero-order valence-electron chi connectivity index (χ0n) is 23.3. The molecular formula is C31H31ClN4O4S. The number of ether oxygens (including phenoxy) is 2. The van der Waals surface area contributed by atoms with E-state index in [2.05, 4.69) is 15.3 Å². The Kier molecular flexibility index (Phi) is 10.2. The lowest BCUT2D eigenvalue weighted by Crippen LogP contribution is -2.41. The molecule has 0 spiro atoms. The lowest BCUT2D eigenvalue weighted by Gasteiger charge is -2.32. The number of aromatic nitrogens is 2. The summed E-state index contributed by atoms with van der Waals surface area (Å²) in [5, 5.41) is 4.05. The second-order valence-corrected chi connectivity index (χ2v) is 10.6. The molecule has 0 aliphatic carbocycles. The maximum atomic E-state index is 14.0. The first-order valence-electron chi connectivity index (χ1n) is 12.8. The number of rotatable bonds is 11. The second-order valence-electron chi connectivity index (χ2n) is 9.27. The van der Waals surface area contributed by atoms with Gasteiger partial charge in [0.25, 0.3) is 5.91 Å². The molecule has 1 N–H and O–H groups in total. The second kappa shape index (κ2) is 14.0.